The molecule has 0 saturated heterocycles. The molecule has 2 aliphatic rings. The van der Waals surface area contributed by atoms with Gasteiger partial charge in [0.05, 0.1) is 0 Å². The fourth-order valence-corrected chi connectivity index (χ4v) is 3.03. The molecule has 0 bridgehead atoms. The SMILES string of the molecule is CN=C(NCCCOCC1CC1)NCCCC1CCCC1.I. The third kappa shape index (κ3) is 9.18. The van der Waals surface area contributed by atoms with Gasteiger partial charge in [0.15, 0.2) is 5.96 Å². The van der Waals surface area contributed by atoms with E-state index in [4.69, 9.17) is 4.74 Å². The van der Waals surface area contributed by atoms with E-state index >= 15 is 0 Å². The third-order valence-electron chi connectivity index (χ3n) is 4.59. The van der Waals surface area contributed by atoms with E-state index in [0.29, 0.717) is 0 Å². The van der Waals surface area contributed by atoms with Gasteiger partial charge >= 0.3 is 0 Å². The zero-order chi connectivity index (χ0) is 14.8. The Morgan fingerprint density at radius 2 is 1.68 bits per heavy atom. The van der Waals surface area contributed by atoms with Gasteiger partial charge in [0.25, 0.3) is 0 Å². The predicted molar refractivity (Wildman–Crippen MR) is 104 cm³/mol. The number of halogens is 1. The first kappa shape index (κ1) is 20.0. The highest BCUT2D eigenvalue weighted by atomic mass is 127. The van der Waals surface area contributed by atoms with Gasteiger partial charge in [0, 0.05) is 33.4 Å². The maximum atomic E-state index is 5.63. The van der Waals surface area contributed by atoms with Crippen molar-refractivity contribution in [3.63, 3.8) is 0 Å². The first-order chi connectivity index (χ1) is 10.4. The molecule has 0 unspecified atom stereocenters. The lowest BCUT2D eigenvalue weighted by Crippen LogP contribution is -2.38. The zero-order valence-electron chi connectivity index (χ0n) is 14.1. The Bertz CT molecular complexity index is 302. The van der Waals surface area contributed by atoms with Gasteiger partial charge < -0.3 is 15.4 Å². The van der Waals surface area contributed by atoms with Gasteiger partial charge in [-0.05, 0) is 43.9 Å². The summed E-state index contributed by atoms with van der Waals surface area (Å²) in [6.07, 6.45) is 12.2. The van der Waals surface area contributed by atoms with Crippen LogP contribution < -0.4 is 10.6 Å². The van der Waals surface area contributed by atoms with Crippen molar-refractivity contribution >= 4 is 29.9 Å². The summed E-state index contributed by atoms with van der Waals surface area (Å²) in [5.74, 6) is 2.79. The van der Waals surface area contributed by atoms with Crippen LogP contribution in [0, 0.1) is 11.8 Å². The molecule has 5 heteroatoms. The van der Waals surface area contributed by atoms with E-state index in [2.05, 4.69) is 15.6 Å². The van der Waals surface area contributed by atoms with Crippen LogP contribution in [0.4, 0.5) is 0 Å². The Hall–Kier alpha value is -0.0400. The zero-order valence-corrected chi connectivity index (χ0v) is 16.4. The summed E-state index contributed by atoms with van der Waals surface area (Å²) in [7, 11) is 1.84. The summed E-state index contributed by atoms with van der Waals surface area (Å²) >= 11 is 0. The molecule has 4 nitrogen and oxygen atoms in total. The molecule has 22 heavy (non-hydrogen) atoms. The molecular weight excluding hydrogens is 389 g/mol. The smallest absolute Gasteiger partial charge is 0.190 e. The average molecular weight is 423 g/mol. The van der Waals surface area contributed by atoms with E-state index in [0.717, 1.165) is 50.5 Å². The van der Waals surface area contributed by atoms with E-state index in [9.17, 15) is 0 Å². The minimum absolute atomic E-state index is 0. The second kappa shape index (κ2) is 12.4. The van der Waals surface area contributed by atoms with E-state index in [1.807, 2.05) is 7.05 Å². The highest BCUT2D eigenvalue weighted by molar-refractivity contribution is 14.0. The molecule has 0 aromatic rings. The minimum Gasteiger partial charge on any atom is -0.381 e. The second-order valence-corrected chi connectivity index (χ2v) is 6.59. The van der Waals surface area contributed by atoms with Gasteiger partial charge in [0.1, 0.15) is 0 Å². The van der Waals surface area contributed by atoms with Crippen molar-refractivity contribution in [1.82, 2.24) is 10.6 Å². The molecule has 0 aliphatic heterocycles. The number of nitrogens with one attached hydrogen (secondary N) is 2. The van der Waals surface area contributed by atoms with Crippen molar-refractivity contribution in [2.75, 3.05) is 33.4 Å². The number of hydrogen-bond donors (Lipinski definition) is 2. The van der Waals surface area contributed by atoms with Gasteiger partial charge in [-0.15, -0.1) is 24.0 Å². The van der Waals surface area contributed by atoms with E-state index in [1.165, 1.54) is 51.4 Å². The van der Waals surface area contributed by atoms with Crippen LogP contribution >= 0.6 is 24.0 Å². The van der Waals surface area contributed by atoms with E-state index < -0.39 is 0 Å². The Morgan fingerprint density at radius 1 is 1.00 bits per heavy atom. The Balaban J connectivity index is 0.00000242. The molecule has 0 aromatic heterocycles. The summed E-state index contributed by atoms with van der Waals surface area (Å²) in [6.45, 7) is 3.80. The molecule has 2 aliphatic carbocycles. The van der Waals surface area contributed by atoms with Crippen LogP contribution in [0.2, 0.25) is 0 Å². The quantitative estimate of drug-likeness (QED) is 0.245. The molecular formula is C17H34IN3O. The molecule has 130 valence electrons. The summed E-state index contributed by atoms with van der Waals surface area (Å²) < 4.78 is 5.63. The summed E-state index contributed by atoms with van der Waals surface area (Å²) in [5, 5.41) is 6.77. The van der Waals surface area contributed by atoms with Crippen molar-refractivity contribution in [2.24, 2.45) is 16.8 Å². The number of guanidine groups is 1. The first-order valence-electron chi connectivity index (χ1n) is 8.90. The van der Waals surface area contributed by atoms with Crippen molar-refractivity contribution in [3.8, 4) is 0 Å². The molecule has 0 amide bonds. The van der Waals surface area contributed by atoms with Crippen LogP contribution in [-0.2, 0) is 4.74 Å². The summed E-state index contributed by atoms with van der Waals surface area (Å²) in [4.78, 5) is 4.27. The molecule has 0 spiro atoms. The fraction of sp³-hybridized carbons (Fsp3) is 0.941. The number of ether oxygens (including phenoxy) is 1. The van der Waals surface area contributed by atoms with Crippen LogP contribution in [0.15, 0.2) is 4.99 Å². The van der Waals surface area contributed by atoms with Gasteiger partial charge in [0.2, 0.25) is 0 Å². The summed E-state index contributed by atoms with van der Waals surface area (Å²) in [6, 6.07) is 0. The number of aliphatic imine (C=N–C) groups is 1. The molecule has 2 fully saturated rings. The molecule has 2 rings (SSSR count). The van der Waals surface area contributed by atoms with Gasteiger partial charge in [-0.1, -0.05) is 25.7 Å². The fourth-order valence-electron chi connectivity index (χ4n) is 3.03. The van der Waals surface area contributed by atoms with Crippen LogP contribution in [0.1, 0.15) is 57.8 Å². The Kier molecular flexibility index (Phi) is 11.3. The maximum absolute atomic E-state index is 5.63. The van der Waals surface area contributed by atoms with Crippen LogP contribution in [0.25, 0.3) is 0 Å². The Morgan fingerprint density at radius 3 is 2.32 bits per heavy atom. The molecule has 2 saturated carbocycles. The number of rotatable bonds is 10. The predicted octanol–water partition coefficient (Wildman–Crippen LogP) is 3.56. The van der Waals surface area contributed by atoms with Gasteiger partial charge in [-0.2, -0.15) is 0 Å². The van der Waals surface area contributed by atoms with Crippen molar-refractivity contribution < 1.29 is 4.74 Å². The standard InChI is InChI=1S/C17H33N3O.HI/c1-18-17(19-11-4-8-15-6-2-3-7-15)20-12-5-13-21-14-16-9-10-16;/h15-16H,2-14H2,1H3,(H2,18,19,20);1H. The Labute approximate surface area is 153 Å². The van der Waals surface area contributed by atoms with Crippen LogP contribution in [-0.4, -0.2) is 39.3 Å². The molecule has 0 aromatic carbocycles. The topological polar surface area (TPSA) is 45.7 Å². The highest BCUT2D eigenvalue weighted by Crippen LogP contribution is 2.29. The molecule has 0 heterocycles. The molecule has 0 radical (unpaired) electrons. The monoisotopic (exact) mass is 423 g/mol. The largest absolute Gasteiger partial charge is 0.381 e. The lowest BCUT2D eigenvalue weighted by Gasteiger charge is -2.13. The lowest BCUT2D eigenvalue weighted by molar-refractivity contribution is 0.123. The lowest BCUT2D eigenvalue weighted by atomic mass is 10.0. The maximum Gasteiger partial charge on any atom is 0.190 e. The van der Waals surface area contributed by atoms with E-state index in [1.54, 1.807) is 0 Å². The highest BCUT2D eigenvalue weighted by Gasteiger charge is 2.20. The van der Waals surface area contributed by atoms with E-state index in [-0.39, 0.29) is 24.0 Å². The van der Waals surface area contributed by atoms with Crippen LogP contribution in [0.3, 0.4) is 0 Å². The normalized spacial score (nSPS) is 19.0. The number of nitrogens with zero attached hydrogens (tertiary/aromatic N) is 1. The van der Waals surface area contributed by atoms with Crippen molar-refractivity contribution in [2.45, 2.75) is 57.8 Å². The van der Waals surface area contributed by atoms with Gasteiger partial charge in [-0.3, -0.25) is 4.99 Å². The van der Waals surface area contributed by atoms with Gasteiger partial charge in [-0.25, -0.2) is 0 Å². The van der Waals surface area contributed by atoms with Crippen molar-refractivity contribution in [1.29, 1.82) is 0 Å². The molecule has 2 N–H and O–H groups in total. The van der Waals surface area contributed by atoms with Crippen LogP contribution in [0.5, 0.6) is 0 Å². The average Bonchev–Trinajstić information content (AvgIpc) is 3.18. The number of hydrogen-bond acceptors (Lipinski definition) is 2. The minimum atomic E-state index is 0. The summed E-state index contributed by atoms with van der Waals surface area (Å²) in [5.41, 5.74) is 0. The second-order valence-electron chi connectivity index (χ2n) is 6.59. The first-order valence-corrected chi connectivity index (χ1v) is 8.90. The molecule has 0 atom stereocenters. The van der Waals surface area contributed by atoms with Crippen molar-refractivity contribution in [3.05, 3.63) is 0 Å². The third-order valence-corrected chi connectivity index (χ3v) is 4.59.